The summed E-state index contributed by atoms with van der Waals surface area (Å²) in [6, 6.07) is 3.73. The van der Waals surface area contributed by atoms with E-state index in [1.54, 1.807) is 18.2 Å². The van der Waals surface area contributed by atoms with Crippen molar-refractivity contribution in [3.8, 4) is 11.5 Å². The van der Waals surface area contributed by atoms with E-state index in [0.29, 0.717) is 11.5 Å². The van der Waals surface area contributed by atoms with E-state index in [-0.39, 0.29) is 56.6 Å². The van der Waals surface area contributed by atoms with Gasteiger partial charge in [-0.05, 0) is 30.0 Å². The number of hydrogen-bond donors (Lipinski definition) is 3. The molecule has 1 aromatic carbocycles. The van der Waals surface area contributed by atoms with Gasteiger partial charge in [0.2, 0.25) is 12.7 Å². The van der Waals surface area contributed by atoms with Crippen LogP contribution >= 0.6 is 0 Å². The minimum absolute atomic E-state index is 0.0848. The van der Waals surface area contributed by atoms with Crippen molar-refractivity contribution in [2.45, 2.75) is 51.7 Å². The Hall–Kier alpha value is -2.81. The van der Waals surface area contributed by atoms with E-state index < -0.39 is 12.1 Å². The molecule has 0 saturated carbocycles. The fourth-order valence-electron chi connectivity index (χ4n) is 3.35. The first kappa shape index (κ1) is 20.9. The summed E-state index contributed by atoms with van der Waals surface area (Å²) in [5.41, 5.74) is 0.746. The Kier molecular flexibility index (Phi) is 6.58. The van der Waals surface area contributed by atoms with Gasteiger partial charge in [0.05, 0.1) is 19.2 Å². The molecule has 0 radical (unpaired) electrons. The highest BCUT2D eigenvalue weighted by Crippen LogP contribution is 2.33. The Morgan fingerprint density at radius 1 is 1.34 bits per heavy atom. The molecule has 9 heteroatoms. The second kappa shape index (κ2) is 9.13. The first-order chi connectivity index (χ1) is 13.9. The number of fused-ring (bicyclic) bond motifs is 1. The summed E-state index contributed by atoms with van der Waals surface area (Å²) < 4.78 is 10.6. The van der Waals surface area contributed by atoms with Crippen LogP contribution < -0.4 is 20.1 Å². The number of carbonyl (C=O) groups excluding carboxylic acids is 3. The number of carbonyl (C=O) groups is 3. The molecule has 1 aromatic rings. The SMILES string of the molecule is CC[C@H](C)[C@@H](CO)NC(=O)CC[C@H]1NC(=O)N(Cc2ccc3c(c2)OCO3)C1=O. The first-order valence-electron chi connectivity index (χ1n) is 9.83. The van der Waals surface area contributed by atoms with E-state index in [0.717, 1.165) is 16.9 Å². The average molecular weight is 405 g/mol. The lowest BCUT2D eigenvalue weighted by molar-refractivity contribution is -0.128. The van der Waals surface area contributed by atoms with Crippen LogP contribution in [0.15, 0.2) is 18.2 Å². The summed E-state index contributed by atoms with van der Waals surface area (Å²) in [6.45, 7) is 4.07. The zero-order chi connectivity index (χ0) is 21.0. The lowest BCUT2D eigenvalue weighted by Crippen LogP contribution is -2.42. The lowest BCUT2D eigenvalue weighted by Gasteiger charge is -2.22. The Morgan fingerprint density at radius 3 is 2.83 bits per heavy atom. The van der Waals surface area contributed by atoms with E-state index >= 15 is 0 Å². The largest absolute Gasteiger partial charge is 0.454 e. The van der Waals surface area contributed by atoms with Crippen molar-refractivity contribution in [3.05, 3.63) is 23.8 Å². The van der Waals surface area contributed by atoms with Gasteiger partial charge in [-0.15, -0.1) is 0 Å². The maximum atomic E-state index is 12.6. The maximum absolute atomic E-state index is 12.6. The third-order valence-electron chi connectivity index (χ3n) is 5.42. The van der Waals surface area contributed by atoms with Crippen molar-refractivity contribution >= 4 is 17.8 Å². The van der Waals surface area contributed by atoms with Gasteiger partial charge in [-0.1, -0.05) is 26.3 Å². The highest BCUT2D eigenvalue weighted by molar-refractivity contribution is 6.04. The Labute approximate surface area is 169 Å². The molecule has 3 rings (SSSR count). The van der Waals surface area contributed by atoms with Crippen molar-refractivity contribution in [1.29, 1.82) is 0 Å². The van der Waals surface area contributed by atoms with Crippen molar-refractivity contribution in [3.63, 3.8) is 0 Å². The summed E-state index contributed by atoms with van der Waals surface area (Å²) >= 11 is 0. The van der Waals surface area contributed by atoms with Crippen LogP contribution in [0.3, 0.4) is 0 Å². The van der Waals surface area contributed by atoms with Crippen molar-refractivity contribution in [2.75, 3.05) is 13.4 Å². The van der Waals surface area contributed by atoms with Gasteiger partial charge >= 0.3 is 6.03 Å². The summed E-state index contributed by atoms with van der Waals surface area (Å²) in [7, 11) is 0. The Bertz CT molecular complexity index is 783. The summed E-state index contributed by atoms with van der Waals surface area (Å²) in [5.74, 6) is 0.756. The van der Waals surface area contributed by atoms with Crippen LogP contribution in [-0.4, -0.2) is 53.3 Å². The number of amides is 4. The molecule has 4 amide bonds. The minimum atomic E-state index is -0.738. The molecule has 29 heavy (non-hydrogen) atoms. The third-order valence-corrected chi connectivity index (χ3v) is 5.42. The first-order valence-corrected chi connectivity index (χ1v) is 9.83. The van der Waals surface area contributed by atoms with E-state index in [1.165, 1.54) is 0 Å². The standard InChI is InChI=1S/C20H27N3O6/c1-3-12(2)15(10-24)21-18(25)7-5-14-19(26)23(20(27)22-14)9-13-4-6-16-17(8-13)29-11-28-16/h4,6,8,12,14-15,24H,3,5,7,9-11H2,1-2H3,(H,21,25)(H,22,27)/t12-,14+,15+/m0/s1. The van der Waals surface area contributed by atoms with Crippen LogP contribution in [-0.2, 0) is 16.1 Å². The number of aliphatic hydroxyl groups is 1. The van der Waals surface area contributed by atoms with E-state index in [2.05, 4.69) is 10.6 Å². The van der Waals surface area contributed by atoms with Gasteiger partial charge in [0.1, 0.15) is 6.04 Å². The topological polar surface area (TPSA) is 117 Å². The summed E-state index contributed by atoms with van der Waals surface area (Å²) in [6.07, 6.45) is 1.12. The van der Waals surface area contributed by atoms with Gasteiger partial charge in [-0.3, -0.25) is 14.5 Å². The summed E-state index contributed by atoms with van der Waals surface area (Å²) in [5, 5.41) is 14.8. The maximum Gasteiger partial charge on any atom is 0.325 e. The highest BCUT2D eigenvalue weighted by Gasteiger charge is 2.38. The second-order valence-corrected chi connectivity index (χ2v) is 7.39. The normalized spacial score (nSPS) is 19.8. The fourth-order valence-corrected chi connectivity index (χ4v) is 3.35. The number of benzene rings is 1. The molecule has 0 spiro atoms. The molecular weight excluding hydrogens is 378 g/mol. The number of ether oxygens (including phenoxy) is 2. The molecule has 1 saturated heterocycles. The predicted molar refractivity (Wildman–Crippen MR) is 103 cm³/mol. The molecule has 0 aromatic heterocycles. The van der Waals surface area contributed by atoms with Crippen molar-refractivity contribution in [1.82, 2.24) is 15.5 Å². The van der Waals surface area contributed by atoms with Crippen LogP contribution in [0.4, 0.5) is 4.79 Å². The van der Waals surface area contributed by atoms with Gasteiger partial charge < -0.3 is 25.2 Å². The number of hydrogen-bond acceptors (Lipinski definition) is 6. The summed E-state index contributed by atoms with van der Waals surface area (Å²) in [4.78, 5) is 38.2. The number of urea groups is 1. The molecule has 3 atom stereocenters. The Balaban J connectivity index is 1.53. The van der Waals surface area contributed by atoms with Crippen LogP contribution in [0.5, 0.6) is 11.5 Å². The molecule has 1 fully saturated rings. The van der Waals surface area contributed by atoms with Crippen molar-refractivity contribution < 1.29 is 29.0 Å². The van der Waals surface area contributed by atoms with Crippen LogP contribution in [0, 0.1) is 5.92 Å². The van der Waals surface area contributed by atoms with Crippen LogP contribution in [0.2, 0.25) is 0 Å². The highest BCUT2D eigenvalue weighted by atomic mass is 16.7. The monoisotopic (exact) mass is 405 g/mol. The molecule has 158 valence electrons. The molecule has 3 N–H and O–H groups in total. The smallest absolute Gasteiger partial charge is 0.325 e. The molecule has 2 aliphatic rings. The van der Waals surface area contributed by atoms with Crippen molar-refractivity contribution in [2.24, 2.45) is 5.92 Å². The zero-order valence-electron chi connectivity index (χ0n) is 16.6. The predicted octanol–water partition coefficient (Wildman–Crippen LogP) is 1.14. The van der Waals surface area contributed by atoms with E-state index in [4.69, 9.17) is 9.47 Å². The fraction of sp³-hybridized carbons (Fsp3) is 0.550. The van der Waals surface area contributed by atoms with Gasteiger partial charge in [0.15, 0.2) is 11.5 Å². The van der Waals surface area contributed by atoms with E-state index in [9.17, 15) is 19.5 Å². The zero-order valence-corrected chi connectivity index (χ0v) is 16.6. The average Bonchev–Trinajstić information content (AvgIpc) is 3.29. The number of aliphatic hydroxyl groups excluding tert-OH is 1. The molecule has 2 aliphatic heterocycles. The van der Waals surface area contributed by atoms with Gasteiger partial charge in [0.25, 0.3) is 5.91 Å². The quantitative estimate of drug-likeness (QED) is 0.531. The molecular formula is C20H27N3O6. The number of nitrogens with zero attached hydrogens (tertiary/aromatic N) is 1. The second-order valence-electron chi connectivity index (χ2n) is 7.39. The number of rotatable bonds is 9. The minimum Gasteiger partial charge on any atom is -0.454 e. The molecule has 0 bridgehead atoms. The van der Waals surface area contributed by atoms with Gasteiger partial charge in [-0.2, -0.15) is 0 Å². The van der Waals surface area contributed by atoms with Crippen LogP contribution in [0.25, 0.3) is 0 Å². The molecule has 2 heterocycles. The van der Waals surface area contributed by atoms with Gasteiger partial charge in [0, 0.05) is 6.42 Å². The van der Waals surface area contributed by atoms with Crippen LogP contribution in [0.1, 0.15) is 38.7 Å². The third kappa shape index (κ3) is 4.79. The van der Waals surface area contributed by atoms with E-state index in [1.807, 2.05) is 13.8 Å². The van der Waals surface area contributed by atoms with Gasteiger partial charge in [-0.25, -0.2) is 4.79 Å². The lowest BCUT2D eigenvalue weighted by atomic mass is 9.99. The molecule has 9 nitrogen and oxygen atoms in total. The molecule has 0 unspecified atom stereocenters. The Morgan fingerprint density at radius 2 is 2.10 bits per heavy atom. The molecule has 0 aliphatic carbocycles. The number of nitrogens with one attached hydrogen (secondary N) is 2. The number of imide groups is 1.